The molecule has 0 saturated carbocycles. The molecule has 1 aromatic rings. The van der Waals surface area contributed by atoms with Crippen molar-refractivity contribution in [1.29, 1.82) is 0 Å². The summed E-state index contributed by atoms with van der Waals surface area (Å²) in [6, 6.07) is 7.10. The van der Waals surface area contributed by atoms with Crippen LogP contribution in [-0.2, 0) is 4.74 Å². The molecular formula is C15H19NO3. The predicted octanol–water partition coefficient (Wildman–Crippen LogP) is 1.19. The second-order valence-electron chi connectivity index (χ2n) is 4.15. The first-order chi connectivity index (χ1) is 9.19. The lowest BCUT2D eigenvalue weighted by molar-refractivity contribution is 0.0905. The van der Waals surface area contributed by atoms with Crippen LogP contribution in [-0.4, -0.2) is 37.4 Å². The molecule has 0 heterocycles. The third kappa shape index (κ3) is 5.12. The molecule has 2 N–H and O–H groups in total. The number of amides is 1. The number of rotatable bonds is 5. The Balaban J connectivity index is 2.82. The summed E-state index contributed by atoms with van der Waals surface area (Å²) in [6.07, 6.45) is 0.399. The minimum Gasteiger partial charge on any atom is -0.395 e. The maximum absolute atomic E-state index is 12.1. The molecule has 1 atom stereocenters. The fraction of sp³-hybridized carbons (Fsp3) is 0.400. The average Bonchev–Trinajstić information content (AvgIpc) is 2.39. The van der Waals surface area contributed by atoms with Crippen LogP contribution in [0.4, 0.5) is 0 Å². The van der Waals surface area contributed by atoms with Gasteiger partial charge in [-0.15, -0.1) is 0 Å². The number of carbonyl (C=O) groups is 1. The van der Waals surface area contributed by atoms with E-state index in [1.54, 1.807) is 25.3 Å². The molecule has 0 radical (unpaired) electrons. The van der Waals surface area contributed by atoms with Crippen molar-refractivity contribution in [2.24, 2.45) is 0 Å². The normalized spacial score (nSPS) is 11.3. The number of benzene rings is 1. The lowest BCUT2D eigenvalue weighted by Crippen LogP contribution is -2.35. The molecule has 0 bridgehead atoms. The summed E-state index contributed by atoms with van der Waals surface area (Å²) in [6.45, 7) is 2.36. The Hall–Kier alpha value is -1.83. The van der Waals surface area contributed by atoms with E-state index in [0.29, 0.717) is 24.2 Å². The van der Waals surface area contributed by atoms with Crippen molar-refractivity contribution in [1.82, 2.24) is 5.32 Å². The SMILES string of the molecule is COCC(C)NC(=O)c1ccccc1C#CCCO. The summed E-state index contributed by atoms with van der Waals surface area (Å²) >= 11 is 0. The van der Waals surface area contributed by atoms with Gasteiger partial charge in [-0.2, -0.15) is 0 Å². The number of carbonyl (C=O) groups excluding carboxylic acids is 1. The van der Waals surface area contributed by atoms with Gasteiger partial charge < -0.3 is 15.2 Å². The van der Waals surface area contributed by atoms with Crippen LogP contribution >= 0.6 is 0 Å². The van der Waals surface area contributed by atoms with Crippen LogP contribution in [0.1, 0.15) is 29.3 Å². The average molecular weight is 261 g/mol. The van der Waals surface area contributed by atoms with Gasteiger partial charge in [0.15, 0.2) is 0 Å². The summed E-state index contributed by atoms with van der Waals surface area (Å²) in [7, 11) is 1.59. The number of hydrogen-bond acceptors (Lipinski definition) is 3. The van der Waals surface area contributed by atoms with Crippen LogP contribution in [0, 0.1) is 11.8 Å². The molecule has 4 nitrogen and oxygen atoms in total. The van der Waals surface area contributed by atoms with Crippen LogP contribution in [0.5, 0.6) is 0 Å². The maximum atomic E-state index is 12.1. The number of aliphatic hydroxyl groups excluding tert-OH is 1. The smallest absolute Gasteiger partial charge is 0.252 e. The maximum Gasteiger partial charge on any atom is 0.252 e. The molecule has 0 aliphatic rings. The Kier molecular flexibility index (Phi) is 6.65. The quantitative estimate of drug-likeness (QED) is 0.783. The van der Waals surface area contributed by atoms with E-state index in [4.69, 9.17) is 9.84 Å². The minimum atomic E-state index is -0.168. The molecule has 0 saturated heterocycles. The number of aliphatic hydroxyl groups is 1. The molecule has 1 amide bonds. The van der Waals surface area contributed by atoms with Gasteiger partial charge in [0, 0.05) is 25.1 Å². The Bertz CT molecular complexity index is 474. The molecule has 0 aromatic heterocycles. The highest BCUT2D eigenvalue weighted by molar-refractivity contribution is 5.96. The lowest BCUT2D eigenvalue weighted by atomic mass is 10.1. The Morgan fingerprint density at radius 2 is 2.21 bits per heavy atom. The standard InChI is InChI=1S/C15H19NO3/c1-12(11-19-2)16-15(18)14-9-4-3-7-13(14)8-5-6-10-17/h3-4,7,9,12,17H,6,10-11H2,1-2H3,(H,16,18). The van der Waals surface area contributed by atoms with Crippen LogP contribution in [0.25, 0.3) is 0 Å². The summed E-state index contributed by atoms with van der Waals surface area (Å²) < 4.78 is 4.98. The second-order valence-corrected chi connectivity index (χ2v) is 4.15. The van der Waals surface area contributed by atoms with E-state index in [-0.39, 0.29) is 18.6 Å². The molecule has 102 valence electrons. The second kappa shape index (κ2) is 8.30. The summed E-state index contributed by atoms with van der Waals surface area (Å²) in [5.41, 5.74) is 1.20. The van der Waals surface area contributed by atoms with Crippen molar-refractivity contribution in [2.45, 2.75) is 19.4 Å². The van der Waals surface area contributed by atoms with E-state index < -0.39 is 0 Å². The monoisotopic (exact) mass is 261 g/mol. The Morgan fingerprint density at radius 3 is 2.89 bits per heavy atom. The molecular weight excluding hydrogens is 242 g/mol. The minimum absolute atomic E-state index is 0.0201. The summed E-state index contributed by atoms with van der Waals surface area (Å²) in [5, 5.41) is 11.6. The van der Waals surface area contributed by atoms with E-state index in [9.17, 15) is 4.79 Å². The van der Waals surface area contributed by atoms with Gasteiger partial charge in [0.2, 0.25) is 0 Å². The summed E-state index contributed by atoms with van der Waals surface area (Å²) in [4.78, 5) is 12.1. The lowest BCUT2D eigenvalue weighted by Gasteiger charge is -2.13. The van der Waals surface area contributed by atoms with Gasteiger partial charge in [0.1, 0.15) is 0 Å². The van der Waals surface area contributed by atoms with Crippen LogP contribution in [0.3, 0.4) is 0 Å². The van der Waals surface area contributed by atoms with Gasteiger partial charge in [-0.3, -0.25) is 4.79 Å². The van der Waals surface area contributed by atoms with Gasteiger partial charge in [-0.25, -0.2) is 0 Å². The van der Waals surface area contributed by atoms with Crippen LogP contribution in [0.2, 0.25) is 0 Å². The first-order valence-electron chi connectivity index (χ1n) is 6.17. The van der Waals surface area contributed by atoms with E-state index in [1.807, 2.05) is 13.0 Å². The van der Waals surface area contributed by atoms with Gasteiger partial charge in [0.25, 0.3) is 5.91 Å². The van der Waals surface area contributed by atoms with E-state index in [1.165, 1.54) is 0 Å². The van der Waals surface area contributed by atoms with Crippen molar-refractivity contribution in [3.05, 3.63) is 35.4 Å². The molecule has 1 aromatic carbocycles. The molecule has 0 fully saturated rings. The third-order valence-corrected chi connectivity index (χ3v) is 2.43. The number of nitrogens with one attached hydrogen (secondary N) is 1. The zero-order chi connectivity index (χ0) is 14.1. The molecule has 19 heavy (non-hydrogen) atoms. The molecule has 0 aliphatic carbocycles. The van der Waals surface area contributed by atoms with Gasteiger partial charge in [-0.05, 0) is 19.1 Å². The molecule has 4 heteroatoms. The third-order valence-electron chi connectivity index (χ3n) is 2.43. The summed E-state index contributed by atoms with van der Waals surface area (Å²) in [5.74, 6) is 5.55. The molecule has 1 rings (SSSR count). The number of hydrogen-bond donors (Lipinski definition) is 2. The first-order valence-corrected chi connectivity index (χ1v) is 6.17. The van der Waals surface area contributed by atoms with Gasteiger partial charge >= 0.3 is 0 Å². The zero-order valence-electron chi connectivity index (χ0n) is 11.3. The fourth-order valence-corrected chi connectivity index (χ4v) is 1.60. The predicted molar refractivity (Wildman–Crippen MR) is 73.8 cm³/mol. The molecule has 1 unspecified atom stereocenters. The van der Waals surface area contributed by atoms with Crippen molar-refractivity contribution < 1.29 is 14.6 Å². The van der Waals surface area contributed by atoms with Crippen molar-refractivity contribution in [3.63, 3.8) is 0 Å². The van der Waals surface area contributed by atoms with E-state index in [2.05, 4.69) is 17.2 Å². The van der Waals surface area contributed by atoms with Gasteiger partial charge in [-0.1, -0.05) is 24.0 Å². The van der Waals surface area contributed by atoms with Crippen molar-refractivity contribution >= 4 is 5.91 Å². The van der Waals surface area contributed by atoms with E-state index >= 15 is 0 Å². The Labute approximate surface area is 113 Å². The topological polar surface area (TPSA) is 58.6 Å². The highest BCUT2D eigenvalue weighted by Gasteiger charge is 2.12. The number of methoxy groups -OCH3 is 1. The zero-order valence-corrected chi connectivity index (χ0v) is 11.3. The van der Waals surface area contributed by atoms with Gasteiger partial charge in [0.05, 0.1) is 18.8 Å². The highest BCUT2D eigenvalue weighted by atomic mass is 16.5. The Morgan fingerprint density at radius 1 is 1.47 bits per heavy atom. The largest absolute Gasteiger partial charge is 0.395 e. The van der Waals surface area contributed by atoms with Crippen LogP contribution < -0.4 is 5.32 Å². The molecule has 0 aliphatic heterocycles. The van der Waals surface area contributed by atoms with E-state index in [0.717, 1.165) is 0 Å². The fourth-order valence-electron chi connectivity index (χ4n) is 1.60. The highest BCUT2D eigenvalue weighted by Crippen LogP contribution is 2.07. The van der Waals surface area contributed by atoms with Crippen molar-refractivity contribution in [3.8, 4) is 11.8 Å². The molecule has 0 spiro atoms. The van der Waals surface area contributed by atoms with Crippen LogP contribution in [0.15, 0.2) is 24.3 Å². The first kappa shape index (κ1) is 15.2. The number of ether oxygens (including phenoxy) is 1. The van der Waals surface area contributed by atoms with Crippen molar-refractivity contribution in [2.75, 3.05) is 20.3 Å².